The molecule has 3 heteroatoms. The molecule has 20 heavy (non-hydrogen) atoms. The van der Waals surface area contributed by atoms with Crippen molar-refractivity contribution >= 4 is 0 Å². The molecule has 1 aromatic rings. The highest BCUT2D eigenvalue weighted by Crippen LogP contribution is 2.34. The number of rotatable bonds is 6. The van der Waals surface area contributed by atoms with E-state index in [2.05, 4.69) is 44.3 Å². The van der Waals surface area contributed by atoms with Gasteiger partial charge in [0.25, 0.3) is 0 Å². The maximum Gasteiger partial charge on any atom is 0.124 e. The third-order valence-electron chi connectivity index (χ3n) is 3.71. The van der Waals surface area contributed by atoms with E-state index in [4.69, 9.17) is 9.47 Å². The van der Waals surface area contributed by atoms with Crippen LogP contribution in [0.5, 0.6) is 5.75 Å². The molecule has 1 aromatic carbocycles. The van der Waals surface area contributed by atoms with Crippen molar-refractivity contribution in [3.05, 3.63) is 29.8 Å². The highest BCUT2D eigenvalue weighted by molar-refractivity contribution is 5.36. The smallest absolute Gasteiger partial charge is 0.124 e. The van der Waals surface area contributed by atoms with Gasteiger partial charge in [-0.3, -0.25) is 0 Å². The zero-order chi connectivity index (χ0) is 14.4. The van der Waals surface area contributed by atoms with E-state index in [1.165, 1.54) is 12.0 Å². The van der Waals surface area contributed by atoms with E-state index in [1.807, 2.05) is 6.07 Å². The van der Waals surface area contributed by atoms with Gasteiger partial charge in [0.1, 0.15) is 5.75 Å². The van der Waals surface area contributed by atoms with Gasteiger partial charge in [-0.15, -0.1) is 0 Å². The van der Waals surface area contributed by atoms with Gasteiger partial charge in [-0.25, -0.2) is 0 Å². The van der Waals surface area contributed by atoms with E-state index < -0.39 is 0 Å². The van der Waals surface area contributed by atoms with Gasteiger partial charge in [0.2, 0.25) is 0 Å². The van der Waals surface area contributed by atoms with Crippen molar-refractivity contribution < 1.29 is 9.47 Å². The first-order valence-electron chi connectivity index (χ1n) is 7.79. The van der Waals surface area contributed by atoms with Crippen molar-refractivity contribution in [2.75, 3.05) is 19.8 Å². The van der Waals surface area contributed by atoms with Crippen LogP contribution in [0.2, 0.25) is 0 Å². The molecule has 112 valence electrons. The highest BCUT2D eigenvalue weighted by Gasteiger charge is 2.27. The van der Waals surface area contributed by atoms with Crippen molar-refractivity contribution in [3.63, 3.8) is 0 Å². The van der Waals surface area contributed by atoms with Crippen LogP contribution in [-0.2, 0) is 4.74 Å². The minimum atomic E-state index is 0.195. The second-order valence-corrected chi connectivity index (χ2v) is 5.72. The number of hydrogen-bond donors (Lipinski definition) is 1. The molecule has 1 saturated heterocycles. The molecule has 0 radical (unpaired) electrons. The number of benzene rings is 1. The molecule has 0 bridgehead atoms. The van der Waals surface area contributed by atoms with Crippen LogP contribution >= 0.6 is 0 Å². The molecule has 2 unspecified atom stereocenters. The molecule has 1 aliphatic heterocycles. The summed E-state index contributed by atoms with van der Waals surface area (Å²) in [6, 6.07) is 8.71. The first-order chi connectivity index (χ1) is 9.72. The van der Waals surface area contributed by atoms with E-state index in [9.17, 15) is 0 Å². The lowest BCUT2D eigenvalue weighted by Gasteiger charge is -2.32. The molecule has 0 saturated carbocycles. The van der Waals surface area contributed by atoms with Crippen LogP contribution in [0.25, 0.3) is 0 Å². The predicted molar refractivity (Wildman–Crippen MR) is 82.2 cm³/mol. The van der Waals surface area contributed by atoms with E-state index in [0.29, 0.717) is 12.0 Å². The largest absolute Gasteiger partial charge is 0.491 e. The zero-order valence-corrected chi connectivity index (χ0v) is 12.9. The first-order valence-corrected chi connectivity index (χ1v) is 7.79. The summed E-state index contributed by atoms with van der Waals surface area (Å²) < 4.78 is 11.7. The molecule has 0 amide bonds. The summed E-state index contributed by atoms with van der Waals surface area (Å²) in [5, 5.41) is 3.62. The average Bonchev–Trinajstić information content (AvgIpc) is 2.46. The fourth-order valence-corrected chi connectivity index (χ4v) is 2.88. The number of ether oxygens (including phenoxy) is 2. The molecule has 0 aromatic heterocycles. The molecule has 2 atom stereocenters. The molecule has 1 heterocycles. The topological polar surface area (TPSA) is 30.5 Å². The van der Waals surface area contributed by atoms with Crippen molar-refractivity contribution in [1.82, 2.24) is 5.32 Å². The maximum absolute atomic E-state index is 5.98. The SMILES string of the molecule is CCNC(c1ccccc1OC(C)C)C1CCCOC1. The molecule has 1 N–H and O–H groups in total. The number of hydrogen-bond acceptors (Lipinski definition) is 3. The Bertz CT molecular complexity index is 400. The van der Waals surface area contributed by atoms with Crippen molar-refractivity contribution in [2.24, 2.45) is 5.92 Å². The van der Waals surface area contributed by atoms with Gasteiger partial charge in [0.15, 0.2) is 0 Å². The predicted octanol–water partition coefficient (Wildman–Crippen LogP) is 3.55. The summed E-state index contributed by atoms with van der Waals surface area (Å²) in [6.07, 6.45) is 2.56. The Balaban J connectivity index is 2.23. The van der Waals surface area contributed by atoms with Crippen molar-refractivity contribution in [1.29, 1.82) is 0 Å². The van der Waals surface area contributed by atoms with Gasteiger partial charge in [0.05, 0.1) is 12.7 Å². The zero-order valence-electron chi connectivity index (χ0n) is 12.9. The summed E-state index contributed by atoms with van der Waals surface area (Å²) in [5.41, 5.74) is 1.26. The van der Waals surface area contributed by atoms with E-state index in [-0.39, 0.29) is 6.10 Å². The fraction of sp³-hybridized carbons (Fsp3) is 0.647. The number of nitrogens with one attached hydrogen (secondary N) is 1. The third-order valence-corrected chi connectivity index (χ3v) is 3.71. The van der Waals surface area contributed by atoms with Gasteiger partial charge in [-0.05, 0) is 39.3 Å². The highest BCUT2D eigenvalue weighted by atomic mass is 16.5. The van der Waals surface area contributed by atoms with Gasteiger partial charge in [-0.2, -0.15) is 0 Å². The van der Waals surface area contributed by atoms with Crippen molar-refractivity contribution in [2.45, 2.75) is 45.8 Å². The fourth-order valence-electron chi connectivity index (χ4n) is 2.88. The van der Waals surface area contributed by atoms with E-state index >= 15 is 0 Å². The quantitative estimate of drug-likeness (QED) is 0.862. The molecule has 0 aliphatic carbocycles. The molecular weight excluding hydrogens is 250 g/mol. The van der Waals surface area contributed by atoms with Crippen LogP contribution in [0.1, 0.15) is 45.2 Å². The molecule has 2 rings (SSSR count). The Hall–Kier alpha value is -1.06. The van der Waals surface area contributed by atoms with Crippen LogP contribution in [0.15, 0.2) is 24.3 Å². The third kappa shape index (κ3) is 3.97. The lowest BCUT2D eigenvalue weighted by atomic mass is 9.88. The Morgan fingerprint density at radius 1 is 1.35 bits per heavy atom. The van der Waals surface area contributed by atoms with Crippen LogP contribution in [-0.4, -0.2) is 25.9 Å². The summed E-state index contributed by atoms with van der Waals surface area (Å²) in [5.74, 6) is 1.53. The molecule has 1 fully saturated rings. The summed E-state index contributed by atoms with van der Waals surface area (Å²) in [7, 11) is 0. The minimum absolute atomic E-state index is 0.195. The van der Waals surface area contributed by atoms with E-state index in [1.54, 1.807) is 0 Å². The van der Waals surface area contributed by atoms with E-state index in [0.717, 1.165) is 31.9 Å². The molecular formula is C17H27NO2. The van der Waals surface area contributed by atoms with Gasteiger partial charge in [0, 0.05) is 24.1 Å². The Morgan fingerprint density at radius 2 is 2.15 bits per heavy atom. The lowest BCUT2D eigenvalue weighted by Crippen LogP contribution is -2.33. The summed E-state index contributed by atoms with van der Waals surface area (Å²) in [6.45, 7) is 9.00. The second-order valence-electron chi connectivity index (χ2n) is 5.72. The second kappa shape index (κ2) is 7.65. The van der Waals surface area contributed by atoms with Gasteiger partial charge in [-0.1, -0.05) is 25.1 Å². The normalized spacial score (nSPS) is 20.9. The molecule has 0 spiro atoms. The van der Waals surface area contributed by atoms with Crippen LogP contribution < -0.4 is 10.1 Å². The van der Waals surface area contributed by atoms with Crippen LogP contribution in [0.4, 0.5) is 0 Å². The average molecular weight is 277 g/mol. The molecule has 3 nitrogen and oxygen atoms in total. The Labute approximate surface area is 122 Å². The van der Waals surface area contributed by atoms with Gasteiger partial charge >= 0.3 is 0 Å². The van der Waals surface area contributed by atoms with Gasteiger partial charge < -0.3 is 14.8 Å². The Kier molecular flexibility index (Phi) is 5.86. The number of para-hydroxylation sites is 1. The van der Waals surface area contributed by atoms with Crippen LogP contribution in [0.3, 0.4) is 0 Å². The standard InChI is InChI=1S/C17H27NO2/c1-4-18-17(14-8-7-11-19-12-14)15-9-5-6-10-16(15)20-13(2)3/h5-6,9-10,13-14,17-18H,4,7-8,11-12H2,1-3H3. The first kappa shape index (κ1) is 15.3. The summed E-state index contributed by atoms with van der Waals surface area (Å²) in [4.78, 5) is 0. The minimum Gasteiger partial charge on any atom is -0.491 e. The van der Waals surface area contributed by atoms with Crippen LogP contribution in [0, 0.1) is 5.92 Å². The van der Waals surface area contributed by atoms with Crippen molar-refractivity contribution in [3.8, 4) is 5.75 Å². The lowest BCUT2D eigenvalue weighted by molar-refractivity contribution is 0.0387. The maximum atomic E-state index is 5.98. The summed E-state index contributed by atoms with van der Waals surface area (Å²) >= 11 is 0. The Morgan fingerprint density at radius 3 is 2.80 bits per heavy atom. The monoisotopic (exact) mass is 277 g/mol. The molecule has 1 aliphatic rings.